The summed E-state index contributed by atoms with van der Waals surface area (Å²) in [7, 11) is -1.58. The first-order chi connectivity index (χ1) is 23.8. The molecule has 0 radical (unpaired) electrons. The number of nitrogens with zero attached hydrogens (tertiary/aromatic N) is 5. The van der Waals surface area contributed by atoms with Gasteiger partial charge in [0.15, 0.2) is 23.1 Å². The molecule has 4 aromatic rings. The third-order valence-electron chi connectivity index (χ3n) is 8.06. The summed E-state index contributed by atoms with van der Waals surface area (Å²) in [6.45, 7) is 6.72. The molecule has 3 heterocycles. The van der Waals surface area contributed by atoms with Crippen molar-refractivity contribution in [3.8, 4) is 11.3 Å². The van der Waals surface area contributed by atoms with Gasteiger partial charge in [-0.05, 0) is 30.3 Å². The molecule has 1 aliphatic heterocycles. The van der Waals surface area contributed by atoms with E-state index in [0.717, 1.165) is 36.4 Å². The van der Waals surface area contributed by atoms with E-state index in [9.17, 15) is 44.3 Å². The molecule has 0 atom stereocenters. The quantitative estimate of drug-likeness (QED) is 0.0763. The van der Waals surface area contributed by atoms with Crippen LogP contribution in [-0.2, 0) is 23.8 Å². The van der Waals surface area contributed by atoms with Crippen LogP contribution in [0.25, 0.3) is 11.3 Å². The van der Waals surface area contributed by atoms with E-state index in [1.807, 2.05) is 0 Å². The van der Waals surface area contributed by atoms with Crippen molar-refractivity contribution in [2.45, 2.75) is 44.8 Å². The first-order valence-electron chi connectivity index (χ1n) is 15.7. The maximum Gasteiger partial charge on any atom is 0.419 e. The second-order valence-corrected chi connectivity index (χ2v) is 18.6. The maximum absolute atomic E-state index is 14.0. The van der Waals surface area contributed by atoms with Gasteiger partial charge >= 0.3 is 12.4 Å². The molecule has 2 aromatic heterocycles. The minimum Gasteiger partial charge on any atom is -0.361 e. The fourth-order valence-electron chi connectivity index (χ4n) is 5.41. The molecule has 274 valence electrons. The van der Waals surface area contributed by atoms with Gasteiger partial charge in [-0.15, -0.1) is 0 Å². The lowest BCUT2D eigenvalue weighted by atomic mass is 10.1. The van der Waals surface area contributed by atoms with E-state index in [0.29, 0.717) is 18.7 Å². The number of benzene rings is 2. The Morgan fingerprint density at radius 2 is 1.49 bits per heavy atom. The van der Waals surface area contributed by atoms with Gasteiger partial charge in [0.1, 0.15) is 12.5 Å². The predicted octanol–water partition coefficient (Wildman–Crippen LogP) is 8.29. The number of anilines is 3. The van der Waals surface area contributed by atoms with Crippen LogP contribution in [0.4, 0.5) is 57.0 Å². The van der Waals surface area contributed by atoms with E-state index >= 15 is 0 Å². The average molecular weight is 745 g/mol. The van der Waals surface area contributed by atoms with Crippen molar-refractivity contribution in [1.29, 1.82) is 0 Å². The lowest BCUT2D eigenvalue weighted by Crippen LogP contribution is -2.48. The molecule has 2 aromatic carbocycles. The number of amides is 1. The molecule has 0 bridgehead atoms. The minimum atomic E-state index is -4.67. The molecule has 1 amide bonds. The van der Waals surface area contributed by atoms with E-state index < -0.39 is 60.6 Å². The van der Waals surface area contributed by atoms with Crippen molar-refractivity contribution in [1.82, 2.24) is 14.5 Å². The van der Waals surface area contributed by atoms with E-state index in [2.05, 4.69) is 34.9 Å². The van der Waals surface area contributed by atoms with E-state index in [1.165, 1.54) is 21.7 Å². The van der Waals surface area contributed by atoms with Gasteiger partial charge in [0.2, 0.25) is 5.95 Å². The molecule has 0 spiro atoms. The molecule has 1 N–H and O–H groups in total. The SMILES string of the molecule is C[Si](C)(C)CCOCn1c(N2CCN(c3ncccc3C(F)(F)F)CC2)nc(C(=O)Nc2cc(F)c(F)c(F)c2)c1-c1ccc(C(F)(F)F)cc1. The summed E-state index contributed by atoms with van der Waals surface area (Å²) in [4.78, 5) is 25.4. The van der Waals surface area contributed by atoms with E-state index in [1.54, 1.807) is 4.90 Å². The highest BCUT2D eigenvalue weighted by Crippen LogP contribution is 2.37. The number of alkyl halides is 6. The van der Waals surface area contributed by atoms with Gasteiger partial charge in [-0.1, -0.05) is 31.8 Å². The number of ether oxygens (including phenoxy) is 1. The standard InChI is InChI=1S/C33H33F9N6O2Si/c1-51(2,3)16-15-50-19-48-28(20-6-8-21(9-7-20)32(37,38)39)27(30(49)44-22-17-24(34)26(36)25(35)18-22)45-31(48)47-13-11-46(12-14-47)29-23(33(40,41)42)5-4-10-43-29/h4-10,17-18H,11-16,19H2,1-3H3,(H,44,49). The lowest BCUT2D eigenvalue weighted by Gasteiger charge is -2.37. The summed E-state index contributed by atoms with van der Waals surface area (Å²) in [6.07, 6.45) is -8.07. The average Bonchev–Trinajstić information content (AvgIpc) is 3.44. The highest BCUT2D eigenvalue weighted by Gasteiger charge is 2.37. The summed E-state index contributed by atoms with van der Waals surface area (Å²) >= 11 is 0. The Bertz CT molecular complexity index is 1840. The van der Waals surface area contributed by atoms with Crippen LogP contribution >= 0.6 is 0 Å². The molecule has 51 heavy (non-hydrogen) atoms. The number of hydrogen-bond acceptors (Lipinski definition) is 6. The van der Waals surface area contributed by atoms with E-state index in [-0.39, 0.29) is 61.6 Å². The number of pyridine rings is 1. The van der Waals surface area contributed by atoms with Gasteiger partial charge in [0.05, 0.1) is 16.8 Å². The van der Waals surface area contributed by atoms with Gasteiger partial charge < -0.3 is 19.9 Å². The normalized spacial score (nSPS) is 14.3. The van der Waals surface area contributed by atoms with Gasteiger partial charge in [-0.2, -0.15) is 26.3 Å². The van der Waals surface area contributed by atoms with Crippen molar-refractivity contribution in [2.75, 3.05) is 47.9 Å². The topological polar surface area (TPSA) is 75.5 Å². The Morgan fingerprint density at radius 1 is 0.882 bits per heavy atom. The van der Waals surface area contributed by atoms with Crippen LogP contribution in [-0.4, -0.2) is 61.3 Å². The van der Waals surface area contributed by atoms with E-state index in [4.69, 9.17) is 4.74 Å². The highest BCUT2D eigenvalue weighted by atomic mass is 28.3. The summed E-state index contributed by atoms with van der Waals surface area (Å²) in [5, 5.41) is 2.27. The van der Waals surface area contributed by atoms with Gasteiger partial charge in [0.25, 0.3) is 5.91 Å². The Kier molecular flexibility index (Phi) is 10.8. The largest absolute Gasteiger partial charge is 0.419 e. The molecule has 0 aliphatic carbocycles. The fourth-order valence-corrected chi connectivity index (χ4v) is 6.17. The first kappa shape index (κ1) is 37.7. The molecule has 5 rings (SSSR count). The molecule has 1 saturated heterocycles. The number of hydrogen-bond donors (Lipinski definition) is 1. The molecular weight excluding hydrogens is 711 g/mol. The van der Waals surface area contributed by atoms with Crippen LogP contribution in [0.1, 0.15) is 21.6 Å². The van der Waals surface area contributed by atoms with Crippen LogP contribution in [0.15, 0.2) is 54.7 Å². The summed E-state index contributed by atoms with van der Waals surface area (Å²) in [5.74, 6) is -6.08. The Balaban J connectivity index is 1.56. The summed E-state index contributed by atoms with van der Waals surface area (Å²) in [5.41, 5.74) is -2.58. The molecule has 18 heteroatoms. The van der Waals surface area contributed by atoms with Crippen molar-refractivity contribution in [3.05, 3.63) is 89.0 Å². The number of aromatic nitrogens is 3. The molecular formula is C33H33F9N6O2Si. The Hall–Kier alpha value is -4.58. The van der Waals surface area contributed by atoms with Crippen molar-refractivity contribution in [2.24, 2.45) is 0 Å². The Morgan fingerprint density at radius 3 is 2.06 bits per heavy atom. The van der Waals surface area contributed by atoms with Crippen LogP contribution in [0.2, 0.25) is 25.7 Å². The second kappa shape index (κ2) is 14.6. The number of carbonyl (C=O) groups excluding carboxylic acids is 1. The fraction of sp³-hybridized carbons (Fsp3) is 0.364. The second-order valence-electron chi connectivity index (χ2n) is 13.0. The Labute approximate surface area is 287 Å². The van der Waals surface area contributed by atoms with Crippen LogP contribution < -0.4 is 15.1 Å². The van der Waals surface area contributed by atoms with Crippen LogP contribution in [0.3, 0.4) is 0 Å². The maximum atomic E-state index is 14.0. The predicted molar refractivity (Wildman–Crippen MR) is 175 cm³/mol. The molecule has 1 aliphatic rings. The van der Waals surface area contributed by atoms with Gasteiger partial charge in [-0.3, -0.25) is 9.36 Å². The number of nitrogens with one attached hydrogen (secondary N) is 1. The van der Waals surface area contributed by atoms with Crippen molar-refractivity contribution >= 4 is 31.4 Å². The lowest BCUT2D eigenvalue weighted by molar-refractivity contribution is -0.138. The zero-order valence-corrected chi connectivity index (χ0v) is 28.6. The summed E-state index contributed by atoms with van der Waals surface area (Å²) in [6, 6.07) is 7.86. The smallest absolute Gasteiger partial charge is 0.361 e. The van der Waals surface area contributed by atoms with Crippen LogP contribution in [0, 0.1) is 17.5 Å². The van der Waals surface area contributed by atoms with Gasteiger partial charge in [-0.25, -0.2) is 23.1 Å². The molecule has 8 nitrogen and oxygen atoms in total. The summed E-state index contributed by atoms with van der Waals surface area (Å²) < 4.78 is 131. The van der Waals surface area contributed by atoms with Crippen molar-refractivity contribution in [3.63, 3.8) is 0 Å². The number of rotatable bonds is 10. The number of piperazine rings is 1. The number of halogens is 9. The zero-order chi connectivity index (χ0) is 37.3. The van der Waals surface area contributed by atoms with Gasteiger partial charge in [0, 0.05) is 70.4 Å². The number of imidazole rings is 1. The molecule has 1 fully saturated rings. The molecule has 0 unspecified atom stereocenters. The molecule has 0 saturated carbocycles. The van der Waals surface area contributed by atoms with Crippen LogP contribution in [0.5, 0.6) is 0 Å². The first-order valence-corrected chi connectivity index (χ1v) is 19.4. The highest BCUT2D eigenvalue weighted by molar-refractivity contribution is 6.76. The minimum absolute atomic E-state index is 0.00111. The van der Waals surface area contributed by atoms with Crippen molar-refractivity contribution < 1.29 is 49.0 Å². The monoisotopic (exact) mass is 744 g/mol. The third kappa shape index (κ3) is 8.84. The number of carbonyl (C=O) groups is 1. The zero-order valence-electron chi connectivity index (χ0n) is 27.6. The third-order valence-corrected chi connectivity index (χ3v) is 9.76.